The molecule has 22 heavy (non-hydrogen) atoms. The molecule has 5 heteroatoms. The summed E-state index contributed by atoms with van der Waals surface area (Å²) in [7, 11) is 0. The van der Waals surface area contributed by atoms with Gasteiger partial charge in [-0.3, -0.25) is 0 Å². The van der Waals surface area contributed by atoms with Crippen molar-refractivity contribution in [1.29, 1.82) is 0 Å². The molecule has 5 nitrogen and oxygen atoms in total. The zero-order valence-corrected chi connectivity index (χ0v) is 12.8. The van der Waals surface area contributed by atoms with Crippen LogP contribution in [0.15, 0.2) is 23.9 Å². The molecule has 0 fully saturated rings. The normalized spacial score (nSPS) is 14.2. The zero-order valence-electron chi connectivity index (χ0n) is 12.8. The molecule has 1 aromatic rings. The minimum Gasteiger partial charge on any atom is -0.506 e. The van der Waals surface area contributed by atoms with Crippen LogP contribution < -0.4 is 15.8 Å². The Morgan fingerprint density at radius 1 is 1.36 bits per heavy atom. The fourth-order valence-electron chi connectivity index (χ4n) is 2.30. The summed E-state index contributed by atoms with van der Waals surface area (Å²) in [5.74, 6) is -1.37. The molecule has 0 spiro atoms. The molecule has 118 valence electrons. The Kier molecular flexibility index (Phi) is 5.09. The predicted molar refractivity (Wildman–Crippen MR) is 85.8 cm³/mol. The Balaban J connectivity index is 2.47. The number of rotatable bonds is 6. The molecule has 3 N–H and O–H groups in total. The number of ether oxygens (including phenoxy) is 1. The van der Waals surface area contributed by atoms with Crippen LogP contribution in [0.25, 0.3) is 12.0 Å². The third-order valence-electron chi connectivity index (χ3n) is 3.60. The molecule has 1 heterocycles. The highest BCUT2D eigenvalue weighted by Crippen LogP contribution is 2.14. The van der Waals surface area contributed by atoms with Crippen molar-refractivity contribution in [2.24, 2.45) is 0 Å². The third-order valence-corrected chi connectivity index (χ3v) is 3.60. The second kappa shape index (κ2) is 7.02. The van der Waals surface area contributed by atoms with E-state index in [1.54, 1.807) is 6.26 Å². The molecule has 0 radical (unpaired) electrons. The number of nitrogens with one attached hydrogen (secondary N) is 1. The molecule has 0 aromatic heterocycles. The lowest BCUT2D eigenvalue weighted by molar-refractivity contribution is -0.132. The smallest absolute Gasteiger partial charge is 0.341 e. The Hall–Kier alpha value is -2.43. The number of hydrogen-bond acceptors (Lipinski definition) is 4. The summed E-state index contributed by atoms with van der Waals surface area (Å²) in [5, 5.41) is 23.6. The van der Waals surface area contributed by atoms with Crippen molar-refractivity contribution in [3.05, 3.63) is 39.9 Å². The van der Waals surface area contributed by atoms with Gasteiger partial charge in [0.1, 0.15) is 11.3 Å². The molecular weight excluding hydrogens is 282 g/mol. The summed E-state index contributed by atoms with van der Waals surface area (Å²) < 4.78 is 5.55. The van der Waals surface area contributed by atoms with Crippen LogP contribution >= 0.6 is 0 Å². The Morgan fingerprint density at radius 3 is 2.77 bits per heavy atom. The van der Waals surface area contributed by atoms with Gasteiger partial charge < -0.3 is 20.3 Å². The van der Waals surface area contributed by atoms with Gasteiger partial charge in [0, 0.05) is 22.3 Å². The van der Waals surface area contributed by atoms with Crippen LogP contribution in [0.5, 0.6) is 0 Å². The van der Waals surface area contributed by atoms with Crippen LogP contribution in [0.2, 0.25) is 0 Å². The van der Waals surface area contributed by atoms with E-state index >= 15 is 0 Å². The van der Waals surface area contributed by atoms with Crippen molar-refractivity contribution in [2.75, 3.05) is 11.9 Å². The summed E-state index contributed by atoms with van der Waals surface area (Å²) in [5.41, 5.74) is 1.53. The van der Waals surface area contributed by atoms with Gasteiger partial charge in [0.25, 0.3) is 0 Å². The van der Waals surface area contributed by atoms with E-state index < -0.39 is 5.97 Å². The molecule has 1 aliphatic heterocycles. The first-order chi connectivity index (χ1) is 10.6. The highest BCUT2D eigenvalue weighted by molar-refractivity contribution is 6.00. The van der Waals surface area contributed by atoms with Crippen molar-refractivity contribution >= 4 is 23.7 Å². The maximum Gasteiger partial charge on any atom is 0.341 e. The molecule has 0 saturated carbocycles. The van der Waals surface area contributed by atoms with E-state index in [1.807, 2.05) is 19.1 Å². The topological polar surface area (TPSA) is 78.8 Å². The van der Waals surface area contributed by atoms with E-state index in [2.05, 4.69) is 12.2 Å². The Labute approximate surface area is 129 Å². The van der Waals surface area contributed by atoms with Crippen LogP contribution in [-0.2, 0) is 16.0 Å². The van der Waals surface area contributed by atoms with E-state index in [0.29, 0.717) is 17.5 Å². The molecule has 0 aliphatic carbocycles. The number of benzene rings is 1. The van der Waals surface area contributed by atoms with Crippen LogP contribution in [0, 0.1) is 0 Å². The van der Waals surface area contributed by atoms with Gasteiger partial charge in [-0.1, -0.05) is 20.3 Å². The standard InChI is InChI=1S/C17H21NO4/c1-3-5-6-22-10-12-8-15-13(7-11(12)4-2)16(19)14(9-18-15)17(20)21/h7-10,18-19H,3-6H2,1-2H3,(H,20,21)/b12-10+. The summed E-state index contributed by atoms with van der Waals surface area (Å²) in [6.07, 6.45) is 5.86. The molecular formula is C17H21NO4. The van der Waals surface area contributed by atoms with Crippen molar-refractivity contribution in [2.45, 2.75) is 33.1 Å². The van der Waals surface area contributed by atoms with Gasteiger partial charge in [0.05, 0.1) is 12.9 Å². The van der Waals surface area contributed by atoms with Gasteiger partial charge in [-0.15, -0.1) is 0 Å². The molecule has 0 amide bonds. The molecule has 0 unspecified atom stereocenters. The summed E-state index contributed by atoms with van der Waals surface area (Å²) in [6.45, 7) is 4.78. The van der Waals surface area contributed by atoms with E-state index in [4.69, 9.17) is 9.84 Å². The number of aliphatic hydroxyl groups excluding tert-OH is 1. The fourth-order valence-corrected chi connectivity index (χ4v) is 2.30. The average Bonchev–Trinajstić information content (AvgIpc) is 2.51. The second-order valence-corrected chi connectivity index (χ2v) is 5.15. The minimum absolute atomic E-state index is 0.134. The third kappa shape index (κ3) is 3.24. The number of unbranched alkanes of at least 4 members (excludes halogenated alkanes) is 1. The number of carboxylic acid groups (broad SMARTS) is 1. The Morgan fingerprint density at radius 2 is 2.14 bits per heavy atom. The number of fused-ring (bicyclic) bond motifs is 1. The first-order valence-corrected chi connectivity index (χ1v) is 7.46. The maximum atomic E-state index is 11.1. The number of carbonyl (C=O) groups is 1. The minimum atomic E-state index is -1.16. The van der Waals surface area contributed by atoms with Crippen LogP contribution in [0.4, 0.5) is 5.69 Å². The SMILES string of the molecule is CCCCO/C=c1\cc2c(cc1CC)=C(O)C(C(=O)O)=CN2. The van der Waals surface area contributed by atoms with Crippen molar-refractivity contribution < 1.29 is 19.7 Å². The van der Waals surface area contributed by atoms with Gasteiger partial charge in [-0.2, -0.15) is 0 Å². The summed E-state index contributed by atoms with van der Waals surface area (Å²) >= 11 is 0. The van der Waals surface area contributed by atoms with Crippen molar-refractivity contribution in [3.63, 3.8) is 0 Å². The zero-order chi connectivity index (χ0) is 16.1. The van der Waals surface area contributed by atoms with E-state index in [1.165, 1.54) is 6.20 Å². The lowest BCUT2D eigenvalue weighted by Gasteiger charge is -2.14. The van der Waals surface area contributed by atoms with Crippen molar-refractivity contribution in [1.82, 2.24) is 0 Å². The van der Waals surface area contributed by atoms with E-state index in [9.17, 15) is 9.90 Å². The highest BCUT2D eigenvalue weighted by atomic mass is 16.5. The van der Waals surface area contributed by atoms with Crippen LogP contribution in [0.1, 0.15) is 32.3 Å². The molecule has 1 aliphatic rings. The molecule has 0 atom stereocenters. The van der Waals surface area contributed by atoms with E-state index in [-0.39, 0.29) is 11.3 Å². The average molecular weight is 303 g/mol. The summed E-state index contributed by atoms with van der Waals surface area (Å²) in [4.78, 5) is 11.1. The molecule has 0 saturated heterocycles. The number of carboxylic acids is 1. The number of aryl methyl sites for hydroxylation is 1. The second-order valence-electron chi connectivity index (χ2n) is 5.15. The fraction of sp³-hybridized carbons (Fsp3) is 0.353. The first kappa shape index (κ1) is 15.9. The number of hydrogen-bond donors (Lipinski definition) is 3. The van der Waals surface area contributed by atoms with Gasteiger partial charge in [0.2, 0.25) is 0 Å². The van der Waals surface area contributed by atoms with Gasteiger partial charge in [-0.25, -0.2) is 4.79 Å². The van der Waals surface area contributed by atoms with Gasteiger partial charge in [0.15, 0.2) is 0 Å². The molecule has 1 aromatic carbocycles. The number of anilines is 1. The lowest BCUT2D eigenvalue weighted by Crippen LogP contribution is -2.26. The lowest BCUT2D eigenvalue weighted by atomic mass is 10.0. The van der Waals surface area contributed by atoms with Gasteiger partial charge in [-0.05, 0) is 30.5 Å². The summed E-state index contributed by atoms with van der Waals surface area (Å²) in [6, 6.07) is 3.67. The monoisotopic (exact) mass is 303 g/mol. The van der Waals surface area contributed by atoms with Crippen LogP contribution in [-0.4, -0.2) is 22.8 Å². The quantitative estimate of drug-likeness (QED) is 0.699. The first-order valence-electron chi connectivity index (χ1n) is 7.46. The number of aliphatic hydroxyl groups is 1. The predicted octanol–water partition coefficient (Wildman–Crippen LogP) is 1.86. The largest absolute Gasteiger partial charge is 0.506 e. The van der Waals surface area contributed by atoms with E-state index in [0.717, 1.165) is 30.0 Å². The molecule has 0 bridgehead atoms. The maximum absolute atomic E-state index is 11.1. The van der Waals surface area contributed by atoms with Crippen LogP contribution in [0.3, 0.4) is 0 Å². The highest BCUT2D eigenvalue weighted by Gasteiger charge is 2.18. The van der Waals surface area contributed by atoms with Crippen molar-refractivity contribution in [3.8, 4) is 0 Å². The molecule has 2 rings (SSSR count). The van der Waals surface area contributed by atoms with Gasteiger partial charge >= 0.3 is 5.97 Å². The Bertz CT molecular complexity index is 719. The number of aliphatic carboxylic acids is 1.